The van der Waals surface area contributed by atoms with Crippen LogP contribution in [0.1, 0.15) is 27.3 Å². The van der Waals surface area contributed by atoms with Crippen molar-refractivity contribution >= 4 is 29.3 Å². The topological polar surface area (TPSA) is 91.2 Å². The molecule has 8 heteroatoms. The van der Waals surface area contributed by atoms with E-state index in [4.69, 9.17) is 11.6 Å². The van der Waals surface area contributed by atoms with Crippen LogP contribution in [0, 0.1) is 6.92 Å². The molecule has 1 aromatic heterocycles. The Bertz CT molecular complexity index is 800. The third-order valence-corrected chi connectivity index (χ3v) is 3.87. The Labute approximate surface area is 172 Å². The summed E-state index contributed by atoms with van der Waals surface area (Å²) in [6.45, 7) is 1.24. The zero-order valence-corrected chi connectivity index (χ0v) is 17.0. The number of nitrogens with zero attached hydrogens (tertiary/aromatic N) is 1. The molecule has 0 saturated carbocycles. The Hall–Kier alpha value is -1.60. The van der Waals surface area contributed by atoms with E-state index in [-0.39, 0.29) is 41.8 Å². The molecule has 0 spiro atoms. The zero-order chi connectivity index (χ0) is 17.9. The molecule has 0 atom stereocenters. The molecule has 1 N–H and O–H groups in total. The fourth-order valence-corrected chi connectivity index (χ4v) is 2.59. The summed E-state index contributed by atoms with van der Waals surface area (Å²) < 4.78 is 1.64. The van der Waals surface area contributed by atoms with Crippen molar-refractivity contribution in [3.8, 4) is 0 Å². The van der Waals surface area contributed by atoms with Gasteiger partial charge in [0.2, 0.25) is 11.7 Å². The van der Waals surface area contributed by atoms with Crippen molar-refractivity contribution < 1.29 is 49.0 Å². The minimum absolute atomic E-state index is 0. The number of carbonyl (C=O) groups excluding carboxylic acids is 3. The number of ketones is 1. The first-order valence-corrected chi connectivity index (χ1v) is 7.59. The van der Waals surface area contributed by atoms with Gasteiger partial charge in [-0.1, -0.05) is 11.6 Å². The number of aryl methyl sites for hydroxylation is 1. The van der Waals surface area contributed by atoms with E-state index in [0.717, 1.165) is 5.56 Å². The number of carboxylic acids is 1. The maximum atomic E-state index is 12.7. The zero-order valence-electron chi connectivity index (χ0n) is 14.3. The number of aliphatic carboxylic acids is 1. The molecule has 6 nitrogen and oxygen atoms in total. The second kappa shape index (κ2) is 9.20. The molecule has 0 radical (unpaired) electrons. The molecular weight excluding hydrogens is 355 g/mol. The van der Waals surface area contributed by atoms with Gasteiger partial charge in [0.25, 0.3) is 0 Å². The first kappa shape index (κ1) is 21.4. The minimum Gasteiger partial charge on any atom is -0.548 e. The molecule has 0 aliphatic heterocycles. The summed E-state index contributed by atoms with van der Waals surface area (Å²) in [5.74, 6) is -1.98. The summed E-state index contributed by atoms with van der Waals surface area (Å²) in [7, 11) is 1.69. The molecule has 1 aromatic carbocycles. The van der Waals surface area contributed by atoms with Gasteiger partial charge in [0, 0.05) is 23.3 Å². The summed E-state index contributed by atoms with van der Waals surface area (Å²) in [6, 6.07) is 8.30. The van der Waals surface area contributed by atoms with Gasteiger partial charge >= 0.3 is 29.6 Å². The van der Waals surface area contributed by atoms with Crippen molar-refractivity contribution in [2.75, 3.05) is 6.54 Å². The molecule has 126 valence electrons. The number of hydrogen-bond donors (Lipinski definition) is 1. The van der Waals surface area contributed by atoms with Crippen LogP contribution in [0.15, 0.2) is 30.3 Å². The van der Waals surface area contributed by atoms with Gasteiger partial charge in [-0.25, -0.2) is 0 Å². The molecular formula is C17H16ClN2NaO4. The maximum Gasteiger partial charge on any atom is 1.00 e. The molecule has 0 fully saturated rings. The number of aromatic nitrogens is 1. The SMILES string of the molecule is Cc1cc(CC(=O)NCC(=O)[O-])n(C)c1C(=O)c1ccc(Cl)cc1.[Na+]. The molecule has 0 aliphatic carbocycles. The third-order valence-electron chi connectivity index (χ3n) is 3.62. The molecule has 2 rings (SSSR count). The number of nitrogens with one attached hydrogen (secondary N) is 1. The van der Waals surface area contributed by atoms with Crippen LogP contribution in [0.5, 0.6) is 0 Å². The van der Waals surface area contributed by atoms with Gasteiger partial charge in [-0.05, 0) is 42.8 Å². The molecule has 1 amide bonds. The second-order valence-electron chi connectivity index (χ2n) is 5.39. The largest absolute Gasteiger partial charge is 1.00 e. The van der Waals surface area contributed by atoms with Crippen molar-refractivity contribution in [2.45, 2.75) is 13.3 Å². The van der Waals surface area contributed by atoms with Crippen molar-refractivity contribution in [1.82, 2.24) is 9.88 Å². The van der Waals surface area contributed by atoms with Crippen LogP contribution in [0.3, 0.4) is 0 Å². The van der Waals surface area contributed by atoms with E-state index in [1.165, 1.54) is 0 Å². The average molecular weight is 371 g/mol. The Kier molecular flexibility index (Phi) is 7.89. The van der Waals surface area contributed by atoms with Crippen LogP contribution in [-0.2, 0) is 23.1 Å². The Morgan fingerprint density at radius 2 is 1.80 bits per heavy atom. The summed E-state index contributed by atoms with van der Waals surface area (Å²) in [4.78, 5) is 34.8. The van der Waals surface area contributed by atoms with E-state index in [0.29, 0.717) is 22.0 Å². The minimum atomic E-state index is -1.36. The number of amides is 1. The van der Waals surface area contributed by atoms with Gasteiger partial charge in [0.05, 0.1) is 24.6 Å². The van der Waals surface area contributed by atoms with Gasteiger partial charge in [0.15, 0.2) is 0 Å². The molecule has 0 aliphatic rings. The van der Waals surface area contributed by atoms with Crippen LogP contribution < -0.4 is 40.0 Å². The summed E-state index contributed by atoms with van der Waals surface area (Å²) in [6.07, 6.45) is -0.0292. The predicted octanol–water partition coefficient (Wildman–Crippen LogP) is -2.37. The quantitative estimate of drug-likeness (QED) is 0.454. The second-order valence-corrected chi connectivity index (χ2v) is 5.82. The van der Waals surface area contributed by atoms with Gasteiger partial charge in [-0.3, -0.25) is 9.59 Å². The number of halogens is 1. The smallest absolute Gasteiger partial charge is 0.548 e. The molecule has 2 aromatic rings. The van der Waals surface area contributed by atoms with E-state index in [9.17, 15) is 19.5 Å². The Morgan fingerprint density at radius 3 is 2.36 bits per heavy atom. The molecule has 0 bridgehead atoms. The van der Waals surface area contributed by atoms with E-state index in [2.05, 4.69) is 5.32 Å². The third kappa shape index (κ3) is 5.44. The summed E-state index contributed by atoms with van der Waals surface area (Å²) >= 11 is 5.83. The number of benzene rings is 1. The number of hydrogen-bond acceptors (Lipinski definition) is 4. The van der Waals surface area contributed by atoms with Crippen LogP contribution in [0.2, 0.25) is 5.02 Å². The average Bonchev–Trinajstić information content (AvgIpc) is 2.79. The molecule has 1 heterocycles. The van der Waals surface area contributed by atoms with Gasteiger partial charge in [-0.2, -0.15) is 0 Å². The Morgan fingerprint density at radius 1 is 1.20 bits per heavy atom. The molecule has 25 heavy (non-hydrogen) atoms. The van der Waals surface area contributed by atoms with E-state index in [1.807, 2.05) is 0 Å². The van der Waals surface area contributed by atoms with Crippen LogP contribution >= 0.6 is 11.6 Å². The predicted molar refractivity (Wildman–Crippen MR) is 86.8 cm³/mol. The van der Waals surface area contributed by atoms with Crippen molar-refractivity contribution in [3.05, 3.63) is 57.9 Å². The summed E-state index contributed by atoms with van der Waals surface area (Å²) in [5.41, 5.74) is 2.32. The van der Waals surface area contributed by atoms with E-state index in [1.54, 1.807) is 48.9 Å². The fraction of sp³-hybridized carbons (Fsp3) is 0.235. The van der Waals surface area contributed by atoms with Crippen molar-refractivity contribution in [2.24, 2.45) is 7.05 Å². The number of carboxylic acid groups (broad SMARTS) is 1. The van der Waals surface area contributed by atoms with Crippen LogP contribution in [0.4, 0.5) is 0 Å². The van der Waals surface area contributed by atoms with Gasteiger partial charge < -0.3 is 19.8 Å². The normalized spacial score (nSPS) is 10.0. The fourth-order valence-electron chi connectivity index (χ4n) is 2.46. The van der Waals surface area contributed by atoms with E-state index >= 15 is 0 Å². The number of rotatable bonds is 6. The van der Waals surface area contributed by atoms with Crippen LogP contribution in [-0.4, -0.2) is 28.8 Å². The Balaban J connectivity index is 0.00000312. The van der Waals surface area contributed by atoms with Gasteiger partial charge in [0.1, 0.15) is 0 Å². The van der Waals surface area contributed by atoms with Crippen molar-refractivity contribution in [3.63, 3.8) is 0 Å². The van der Waals surface area contributed by atoms with Crippen LogP contribution in [0.25, 0.3) is 0 Å². The standard InChI is InChI=1S/C17H17ClN2O4.Na/c1-10-7-13(8-14(21)19-9-15(22)23)20(2)16(10)17(24)11-3-5-12(18)6-4-11;/h3-7H,8-9H2,1-2H3,(H,19,21)(H,22,23);/q;+1/p-1. The number of carbonyl (C=O) groups is 3. The first-order valence-electron chi connectivity index (χ1n) is 7.21. The van der Waals surface area contributed by atoms with Crippen molar-refractivity contribution in [1.29, 1.82) is 0 Å². The molecule has 0 unspecified atom stereocenters. The van der Waals surface area contributed by atoms with Gasteiger partial charge in [-0.15, -0.1) is 0 Å². The monoisotopic (exact) mass is 370 g/mol. The first-order chi connectivity index (χ1) is 11.3. The molecule has 0 saturated heterocycles. The van der Waals surface area contributed by atoms with E-state index < -0.39 is 18.4 Å². The maximum absolute atomic E-state index is 12.7. The summed E-state index contributed by atoms with van der Waals surface area (Å²) in [5, 5.41) is 13.1.